The van der Waals surface area contributed by atoms with Crippen LogP contribution in [0.25, 0.3) is 5.57 Å². The van der Waals surface area contributed by atoms with E-state index in [9.17, 15) is 4.79 Å². The SMILES string of the molecule is CCCC/C=C(/C(=O)OCCCCC)c1csc(N)n1. The first-order valence-electron chi connectivity index (χ1n) is 7.27. The maximum atomic E-state index is 12.1. The molecule has 0 fully saturated rings. The van der Waals surface area contributed by atoms with Crippen LogP contribution in [0.2, 0.25) is 0 Å². The number of allylic oxidation sites excluding steroid dienone is 1. The molecule has 5 heteroatoms. The second-order valence-electron chi connectivity index (χ2n) is 4.67. The van der Waals surface area contributed by atoms with E-state index in [0.717, 1.165) is 38.5 Å². The van der Waals surface area contributed by atoms with Crippen molar-refractivity contribution in [2.45, 2.75) is 52.4 Å². The summed E-state index contributed by atoms with van der Waals surface area (Å²) >= 11 is 1.34. The Labute approximate surface area is 125 Å². The number of carbonyl (C=O) groups is 1. The minimum Gasteiger partial charge on any atom is -0.462 e. The van der Waals surface area contributed by atoms with Crippen LogP contribution in [0.15, 0.2) is 11.5 Å². The molecule has 112 valence electrons. The fourth-order valence-corrected chi connectivity index (χ4v) is 2.31. The van der Waals surface area contributed by atoms with Gasteiger partial charge in [0.1, 0.15) is 0 Å². The minimum absolute atomic E-state index is 0.289. The van der Waals surface area contributed by atoms with E-state index >= 15 is 0 Å². The molecule has 1 aromatic heterocycles. The number of hydrogen-bond acceptors (Lipinski definition) is 5. The van der Waals surface area contributed by atoms with E-state index in [1.54, 1.807) is 5.38 Å². The highest BCUT2D eigenvalue weighted by molar-refractivity contribution is 7.13. The summed E-state index contributed by atoms with van der Waals surface area (Å²) in [5.74, 6) is -0.289. The Bertz CT molecular complexity index is 441. The van der Waals surface area contributed by atoms with Gasteiger partial charge in [-0.05, 0) is 12.8 Å². The van der Waals surface area contributed by atoms with Gasteiger partial charge in [0.2, 0.25) is 0 Å². The van der Waals surface area contributed by atoms with Crippen LogP contribution >= 0.6 is 11.3 Å². The van der Waals surface area contributed by atoms with Gasteiger partial charge < -0.3 is 10.5 Å². The third-order valence-electron chi connectivity index (χ3n) is 2.90. The quantitative estimate of drug-likeness (QED) is 0.424. The van der Waals surface area contributed by atoms with E-state index in [2.05, 4.69) is 18.8 Å². The average Bonchev–Trinajstić information content (AvgIpc) is 2.86. The molecular formula is C15H24N2O2S. The average molecular weight is 296 g/mol. The summed E-state index contributed by atoms with van der Waals surface area (Å²) in [7, 11) is 0. The van der Waals surface area contributed by atoms with Gasteiger partial charge in [-0.15, -0.1) is 11.3 Å². The molecule has 1 aromatic rings. The number of carbonyl (C=O) groups excluding carboxylic acids is 1. The number of nitrogen functional groups attached to an aromatic ring is 1. The fraction of sp³-hybridized carbons (Fsp3) is 0.600. The Kier molecular flexibility index (Phi) is 7.95. The van der Waals surface area contributed by atoms with Crippen molar-refractivity contribution in [3.63, 3.8) is 0 Å². The van der Waals surface area contributed by atoms with E-state index in [1.807, 2.05) is 6.08 Å². The molecule has 0 aliphatic carbocycles. The molecule has 0 radical (unpaired) electrons. The lowest BCUT2D eigenvalue weighted by molar-refractivity contribution is -0.136. The largest absolute Gasteiger partial charge is 0.462 e. The zero-order chi connectivity index (χ0) is 14.8. The van der Waals surface area contributed by atoms with Gasteiger partial charge in [0.05, 0.1) is 17.9 Å². The van der Waals surface area contributed by atoms with E-state index in [1.165, 1.54) is 11.3 Å². The van der Waals surface area contributed by atoms with Crippen molar-refractivity contribution < 1.29 is 9.53 Å². The molecule has 0 aromatic carbocycles. The molecule has 0 atom stereocenters. The number of aromatic nitrogens is 1. The first kappa shape index (κ1) is 16.7. The maximum Gasteiger partial charge on any atom is 0.340 e. The van der Waals surface area contributed by atoms with Crippen molar-refractivity contribution in [2.75, 3.05) is 12.3 Å². The Morgan fingerprint density at radius 1 is 1.35 bits per heavy atom. The Morgan fingerprint density at radius 2 is 2.10 bits per heavy atom. The minimum atomic E-state index is -0.289. The number of rotatable bonds is 9. The number of nitrogens with zero attached hydrogens (tertiary/aromatic N) is 1. The second kappa shape index (κ2) is 9.53. The van der Waals surface area contributed by atoms with Crippen LogP contribution in [-0.4, -0.2) is 17.6 Å². The Hall–Kier alpha value is -1.36. The normalized spacial score (nSPS) is 11.6. The highest BCUT2D eigenvalue weighted by atomic mass is 32.1. The molecule has 1 rings (SSSR count). The van der Waals surface area contributed by atoms with Gasteiger partial charge in [-0.3, -0.25) is 0 Å². The highest BCUT2D eigenvalue weighted by Crippen LogP contribution is 2.21. The van der Waals surface area contributed by atoms with Gasteiger partial charge in [0.25, 0.3) is 0 Å². The molecule has 0 aliphatic rings. The third kappa shape index (κ3) is 5.74. The summed E-state index contributed by atoms with van der Waals surface area (Å²) in [5.41, 5.74) is 6.81. The molecule has 0 saturated heterocycles. The van der Waals surface area contributed by atoms with Gasteiger partial charge in [-0.25, -0.2) is 9.78 Å². The lowest BCUT2D eigenvalue weighted by Gasteiger charge is -2.06. The predicted molar refractivity (Wildman–Crippen MR) is 84.5 cm³/mol. The van der Waals surface area contributed by atoms with Crippen LogP contribution < -0.4 is 5.73 Å². The molecular weight excluding hydrogens is 272 g/mol. The standard InChI is InChI=1S/C15H24N2O2S/c1-3-5-7-9-12(13-11-20-15(16)17-13)14(18)19-10-8-6-4-2/h9,11H,3-8,10H2,1-2H3,(H2,16,17)/b12-9+. The van der Waals surface area contributed by atoms with Gasteiger partial charge >= 0.3 is 5.97 Å². The number of unbranched alkanes of at least 4 members (excludes halogenated alkanes) is 4. The summed E-state index contributed by atoms with van der Waals surface area (Å²) in [6.45, 7) is 4.71. The van der Waals surface area contributed by atoms with Gasteiger partial charge in [0, 0.05) is 5.38 Å². The molecule has 0 saturated carbocycles. The summed E-state index contributed by atoms with van der Waals surface area (Å²) in [6.07, 6.45) is 8.00. The van der Waals surface area contributed by atoms with E-state index < -0.39 is 0 Å². The first-order valence-corrected chi connectivity index (χ1v) is 8.15. The molecule has 4 nitrogen and oxygen atoms in total. The van der Waals surface area contributed by atoms with Crippen molar-refractivity contribution in [1.29, 1.82) is 0 Å². The van der Waals surface area contributed by atoms with Crippen molar-refractivity contribution in [3.8, 4) is 0 Å². The van der Waals surface area contributed by atoms with Crippen LogP contribution in [-0.2, 0) is 9.53 Å². The molecule has 0 bridgehead atoms. The van der Waals surface area contributed by atoms with Gasteiger partial charge in [-0.1, -0.05) is 45.6 Å². The number of esters is 1. The maximum absolute atomic E-state index is 12.1. The van der Waals surface area contributed by atoms with E-state index in [4.69, 9.17) is 10.5 Å². The summed E-state index contributed by atoms with van der Waals surface area (Å²) in [6, 6.07) is 0. The molecule has 0 aliphatic heterocycles. The summed E-state index contributed by atoms with van der Waals surface area (Å²) in [5, 5.41) is 2.28. The van der Waals surface area contributed by atoms with Crippen LogP contribution in [0.5, 0.6) is 0 Å². The molecule has 1 heterocycles. The van der Waals surface area contributed by atoms with Crippen LogP contribution in [0.1, 0.15) is 58.1 Å². The smallest absolute Gasteiger partial charge is 0.340 e. The highest BCUT2D eigenvalue weighted by Gasteiger charge is 2.16. The van der Waals surface area contributed by atoms with Crippen LogP contribution in [0.4, 0.5) is 5.13 Å². The molecule has 0 spiro atoms. The van der Waals surface area contributed by atoms with E-state index in [-0.39, 0.29) is 5.97 Å². The van der Waals surface area contributed by atoms with E-state index in [0.29, 0.717) is 23.0 Å². The number of nitrogens with two attached hydrogens (primary N) is 1. The Morgan fingerprint density at radius 3 is 2.70 bits per heavy atom. The summed E-state index contributed by atoms with van der Waals surface area (Å²) in [4.78, 5) is 16.3. The first-order chi connectivity index (χ1) is 9.69. The number of anilines is 1. The fourth-order valence-electron chi connectivity index (χ4n) is 1.75. The Balaban J connectivity index is 2.67. The molecule has 20 heavy (non-hydrogen) atoms. The van der Waals surface area contributed by atoms with Crippen molar-refractivity contribution in [2.24, 2.45) is 0 Å². The molecule has 0 unspecified atom stereocenters. The topological polar surface area (TPSA) is 65.2 Å². The number of hydrogen-bond donors (Lipinski definition) is 1. The lowest BCUT2D eigenvalue weighted by Crippen LogP contribution is -2.09. The molecule has 2 N–H and O–H groups in total. The van der Waals surface area contributed by atoms with Crippen molar-refractivity contribution in [3.05, 3.63) is 17.2 Å². The number of thiazole rings is 1. The van der Waals surface area contributed by atoms with Crippen LogP contribution in [0, 0.1) is 0 Å². The third-order valence-corrected chi connectivity index (χ3v) is 3.58. The summed E-state index contributed by atoms with van der Waals surface area (Å²) < 4.78 is 5.32. The number of ether oxygens (including phenoxy) is 1. The zero-order valence-electron chi connectivity index (χ0n) is 12.4. The lowest BCUT2D eigenvalue weighted by atomic mass is 10.1. The van der Waals surface area contributed by atoms with Crippen molar-refractivity contribution >= 4 is 28.0 Å². The zero-order valence-corrected chi connectivity index (χ0v) is 13.2. The van der Waals surface area contributed by atoms with Crippen molar-refractivity contribution in [1.82, 2.24) is 4.98 Å². The molecule has 0 amide bonds. The van der Waals surface area contributed by atoms with Gasteiger partial charge in [0.15, 0.2) is 5.13 Å². The monoisotopic (exact) mass is 296 g/mol. The second-order valence-corrected chi connectivity index (χ2v) is 5.56. The van der Waals surface area contributed by atoms with Crippen LogP contribution in [0.3, 0.4) is 0 Å². The predicted octanol–water partition coefficient (Wildman–Crippen LogP) is 4.03. The van der Waals surface area contributed by atoms with Gasteiger partial charge in [-0.2, -0.15) is 0 Å².